The topological polar surface area (TPSA) is 12.4 Å². The summed E-state index contributed by atoms with van der Waals surface area (Å²) < 4.78 is 24.8. The lowest BCUT2D eigenvalue weighted by Crippen LogP contribution is -2.04. The van der Waals surface area contributed by atoms with Crippen LogP contribution in [0.25, 0.3) is 5.70 Å². The van der Waals surface area contributed by atoms with E-state index in [1.54, 1.807) is 30.3 Å². The van der Waals surface area contributed by atoms with Gasteiger partial charge in [0.2, 0.25) is 5.83 Å². The predicted molar refractivity (Wildman–Crippen MR) is 43.0 cm³/mol. The minimum absolute atomic E-state index is 0.105. The van der Waals surface area contributed by atoms with Crippen molar-refractivity contribution in [3.8, 4) is 0 Å². The van der Waals surface area contributed by atoms with Gasteiger partial charge in [0.05, 0.1) is 0 Å². The van der Waals surface area contributed by atoms with Crippen molar-refractivity contribution < 1.29 is 8.78 Å². The molecule has 0 bridgehead atoms. The Hall–Kier alpha value is -1.51. The normalized spacial score (nSPS) is 15.7. The minimum atomic E-state index is -1.01. The summed E-state index contributed by atoms with van der Waals surface area (Å²) in [5.41, 5.74) is 0.713. The molecule has 1 aromatic rings. The standard InChI is InChI=1S/C9H5F2N/c10-7-8(12-9(7)11)6-4-2-1-3-5-6/h1-5H. The van der Waals surface area contributed by atoms with Crippen LogP contribution in [0, 0.1) is 0 Å². The maximum atomic E-state index is 12.6. The summed E-state index contributed by atoms with van der Waals surface area (Å²) in [5, 5.41) is 0. The summed E-state index contributed by atoms with van der Waals surface area (Å²) in [4.78, 5) is 3.33. The highest BCUT2D eigenvalue weighted by Crippen LogP contribution is 2.30. The summed E-state index contributed by atoms with van der Waals surface area (Å²) in [5.74, 6) is -1.85. The van der Waals surface area contributed by atoms with E-state index < -0.39 is 11.8 Å². The molecule has 0 aliphatic carbocycles. The summed E-state index contributed by atoms with van der Waals surface area (Å²) in [6, 6.07) is 8.68. The number of benzene rings is 1. The van der Waals surface area contributed by atoms with Gasteiger partial charge < -0.3 is 0 Å². The molecule has 0 unspecified atom stereocenters. The zero-order valence-corrected chi connectivity index (χ0v) is 6.09. The van der Waals surface area contributed by atoms with Crippen molar-refractivity contribution in [2.75, 3.05) is 0 Å². The largest absolute Gasteiger partial charge is 0.251 e. The molecule has 0 amide bonds. The summed E-state index contributed by atoms with van der Waals surface area (Å²) in [7, 11) is 0. The van der Waals surface area contributed by atoms with Crippen molar-refractivity contribution in [3.63, 3.8) is 0 Å². The van der Waals surface area contributed by atoms with E-state index in [0.717, 1.165) is 0 Å². The molecule has 12 heavy (non-hydrogen) atoms. The van der Waals surface area contributed by atoms with Gasteiger partial charge >= 0.3 is 0 Å². The first kappa shape index (κ1) is 7.16. The first-order valence-corrected chi connectivity index (χ1v) is 3.49. The molecule has 60 valence electrons. The van der Waals surface area contributed by atoms with Gasteiger partial charge in [-0.15, -0.1) is 0 Å². The van der Waals surface area contributed by atoms with Gasteiger partial charge in [0.15, 0.2) is 0 Å². The van der Waals surface area contributed by atoms with Crippen molar-refractivity contribution in [2.45, 2.75) is 0 Å². The van der Waals surface area contributed by atoms with E-state index in [2.05, 4.69) is 4.99 Å². The quantitative estimate of drug-likeness (QED) is 0.606. The Kier molecular flexibility index (Phi) is 1.50. The number of aliphatic imine (C=N–C) groups is 1. The molecule has 1 heterocycles. The fourth-order valence-electron chi connectivity index (χ4n) is 1.03. The first-order chi connectivity index (χ1) is 5.79. The Labute approximate surface area is 68.1 Å². The fourth-order valence-corrected chi connectivity index (χ4v) is 1.03. The van der Waals surface area contributed by atoms with Crippen LogP contribution in [0.2, 0.25) is 0 Å². The van der Waals surface area contributed by atoms with Crippen LogP contribution in [0.5, 0.6) is 0 Å². The van der Waals surface area contributed by atoms with Gasteiger partial charge in [-0.25, -0.2) is 4.99 Å². The molecule has 0 fully saturated rings. The van der Waals surface area contributed by atoms with E-state index >= 15 is 0 Å². The number of halogens is 2. The average molecular weight is 165 g/mol. The third-order valence-corrected chi connectivity index (χ3v) is 1.65. The Morgan fingerprint density at radius 2 is 1.67 bits per heavy atom. The lowest BCUT2D eigenvalue weighted by atomic mass is 10.1. The molecular formula is C9H5F2N. The molecule has 1 aliphatic heterocycles. The molecule has 1 aromatic carbocycles. The van der Waals surface area contributed by atoms with Crippen molar-refractivity contribution in [1.29, 1.82) is 0 Å². The second-order valence-electron chi connectivity index (χ2n) is 2.43. The molecule has 1 nitrogen and oxygen atoms in total. The van der Waals surface area contributed by atoms with E-state index in [0.29, 0.717) is 5.56 Å². The fraction of sp³-hybridized carbons (Fsp3) is 0. The Morgan fingerprint density at radius 3 is 2.17 bits per heavy atom. The zero-order chi connectivity index (χ0) is 8.55. The van der Waals surface area contributed by atoms with Crippen LogP contribution in [-0.2, 0) is 0 Å². The summed E-state index contributed by atoms with van der Waals surface area (Å²) in [6.07, 6.45) is 0. The highest BCUT2D eigenvalue weighted by atomic mass is 19.2. The Balaban J connectivity index is 2.36. The lowest BCUT2D eigenvalue weighted by Gasteiger charge is -2.10. The second kappa shape index (κ2) is 2.52. The molecule has 0 N–H and O–H groups in total. The van der Waals surface area contributed by atoms with Crippen LogP contribution >= 0.6 is 0 Å². The van der Waals surface area contributed by atoms with Crippen LogP contribution < -0.4 is 0 Å². The maximum absolute atomic E-state index is 12.6. The van der Waals surface area contributed by atoms with Crippen LogP contribution in [-0.4, -0.2) is 5.97 Å². The van der Waals surface area contributed by atoms with E-state index in [1.807, 2.05) is 0 Å². The Morgan fingerprint density at radius 1 is 1.00 bits per heavy atom. The van der Waals surface area contributed by atoms with Gasteiger partial charge in [0.1, 0.15) is 5.70 Å². The Bertz CT molecular complexity index is 365. The van der Waals surface area contributed by atoms with E-state index in [9.17, 15) is 8.78 Å². The van der Waals surface area contributed by atoms with E-state index in [4.69, 9.17) is 0 Å². The first-order valence-electron chi connectivity index (χ1n) is 3.49. The van der Waals surface area contributed by atoms with Gasteiger partial charge in [0.25, 0.3) is 5.97 Å². The van der Waals surface area contributed by atoms with Crippen molar-refractivity contribution in [1.82, 2.24) is 0 Å². The molecule has 1 aliphatic rings. The molecule has 0 spiro atoms. The van der Waals surface area contributed by atoms with E-state index in [1.165, 1.54) is 0 Å². The van der Waals surface area contributed by atoms with Gasteiger partial charge in [-0.1, -0.05) is 30.3 Å². The number of hydrogen-bond acceptors (Lipinski definition) is 1. The van der Waals surface area contributed by atoms with E-state index in [-0.39, 0.29) is 5.70 Å². The minimum Gasteiger partial charge on any atom is -0.214 e. The average Bonchev–Trinajstić information content (AvgIpc) is 2.15. The molecule has 0 aromatic heterocycles. The van der Waals surface area contributed by atoms with Crippen LogP contribution in [0.4, 0.5) is 8.78 Å². The molecule has 0 atom stereocenters. The highest BCUT2D eigenvalue weighted by Gasteiger charge is 2.23. The van der Waals surface area contributed by atoms with Crippen LogP contribution in [0.15, 0.2) is 41.2 Å². The van der Waals surface area contributed by atoms with Gasteiger partial charge in [-0.2, -0.15) is 8.78 Å². The molecule has 3 heteroatoms. The smallest absolute Gasteiger partial charge is 0.214 e. The number of allylic oxidation sites excluding steroid dienone is 1. The molecule has 0 saturated heterocycles. The molecular weight excluding hydrogens is 160 g/mol. The number of nitrogens with zero attached hydrogens (tertiary/aromatic N) is 1. The summed E-state index contributed by atoms with van der Waals surface area (Å²) >= 11 is 0. The molecule has 0 saturated carbocycles. The highest BCUT2D eigenvalue weighted by molar-refractivity contribution is 6.08. The maximum Gasteiger partial charge on any atom is 0.251 e. The third kappa shape index (κ3) is 0.942. The van der Waals surface area contributed by atoms with Gasteiger partial charge in [0, 0.05) is 5.56 Å². The number of rotatable bonds is 1. The molecule has 0 radical (unpaired) electrons. The van der Waals surface area contributed by atoms with Crippen LogP contribution in [0.3, 0.4) is 0 Å². The van der Waals surface area contributed by atoms with Crippen molar-refractivity contribution in [2.24, 2.45) is 4.99 Å². The summed E-state index contributed by atoms with van der Waals surface area (Å²) in [6.45, 7) is 0. The lowest BCUT2D eigenvalue weighted by molar-refractivity contribution is 0.627. The zero-order valence-electron chi connectivity index (χ0n) is 6.09. The van der Waals surface area contributed by atoms with Crippen LogP contribution in [0.1, 0.15) is 5.56 Å². The van der Waals surface area contributed by atoms with Crippen molar-refractivity contribution >= 4 is 11.7 Å². The second-order valence-corrected chi connectivity index (χ2v) is 2.43. The third-order valence-electron chi connectivity index (χ3n) is 1.65. The SMILES string of the molecule is FC1=NC(c2ccccc2)=C1F. The van der Waals surface area contributed by atoms with Crippen molar-refractivity contribution in [3.05, 3.63) is 41.7 Å². The molecule has 2 rings (SSSR count). The monoisotopic (exact) mass is 165 g/mol. The van der Waals surface area contributed by atoms with Gasteiger partial charge in [-0.05, 0) is 0 Å². The number of hydrogen-bond donors (Lipinski definition) is 0. The predicted octanol–water partition coefficient (Wildman–Crippen LogP) is 2.71. The van der Waals surface area contributed by atoms with Gasteiger partial charge in [-0.3, -0.25) is 0 Å².